The predicted molar refractivity (Wildman–Crippen MR) is 166 cm³/mol. The highest BCUT2D eigenvalue weighted by molar-refractivity contribution is 7.89. The number of nitrogens with zero attached hydrogens (tertiary/aromatic N) is 6. The van der Waals surface area contributed by atoms with Crippen LogP contribution in [-0.4, -0.2) is 90.4 Å². The Balaban J connectivity index is 1.05. The molecular formula is C32H40FN7O2S. The van der Waals surface area contributed by atoms with Gasteiger partial charge in [-0.2, -0.15) is 9.29 Å². The van der Waals surface area contributed by atoms with Crippen LogP contribution in [0.4, 0.5) is 27.5 Å². The van der Waals surface area contributed by atoms with Crippen molar-refractivity contribution in [3.8, 4) is 0 Å². The molecule has 228 valence electrons. The molecule has 0 bridgehead atoms. The van der Waals surface area contributed by atoms with Crippen LogP contribution in [0.5, 0.6) is 0 Å². The lowest BCUT2D eigenvalue weighted by atomic mass is 10.0. The molecule has 9 nitrogen and oxygen atoms in total. The molecule has 1 N–H and O–H groups in total. The van der Waals surface area contributed by atoms with Gasteiger partial charge in [-0.25, -0.2) is 17.8 Å². The molecule has 0 unspecified atom stereocenters. The summed E-state index contributed by atoms with van der Waals surface area (Å²) in [6.45, 7) is 6.10. The van der Waals surface area contributed by atoms with Crippen molar-refractivity contribution >= 4 is 33.2 Å². The van der Waals surface area contributed by atoms with Crippen molar-refractivity contribution in [1.29, 1.82) is 0 Å². The molecule has 4 heterocycles. The zero-order chi connectivity index (χ0) is 29.4. The number of aromatic nitrogens is 2. The van der Waals surface area contributed by atoms with Crippen LogP contribution < -0.4 is 10.2 Å². The number of piperidine rings is 1. The lowest BCUT2D eigenvalue weighted by Crippen LogP contribution is -2.49. The van der Waals surface area contributed by atoms with E-state index in [1.54, 1.807) is 46.9 Å². The molecule has 1 aliphatic carbocycles. The summed E-state index contributed by atoms with van der Waals surface area (Å²) in [6, 6.07) is 14.4. The molecule has 11 heteroatoms. The van der Waals surface area contributed by atoms with Crippen LogP contribution in [0.3, 0.4) is 0 Å². The summed E-state index contributed by atoms with van der Waals surface area (Å²) in [5.41, 5.74) is 2.63. The second-order valence-corrected chi connectivity index (χ2v) is 14.1. The lowest BCUT2D eigenvalue weighted by Gasteiger charge is -2.38. The molecule has 3 fully saturated rings. The lowest BCUT2D eigenvalue weighted by molar-refractivity contribution is 0.146. The molecule has 43 heavy (non-hydrogen) atoms. The molecule has 0 spiro atoms. The number of anilines is 4. The molecule has 0 amide bonds. The highest BCUT2D eigenvalue weighted by atomic mass is 32.2. The SMILES string of the molecule is O=S(=O)(c1ccc(Nc2nccc(N3CCc4cc(F)ccc43)n2)cc1)N(CCN1CCCC1)C1CCN(C2CC2)CC1. The number of fused-ring (bicyclic) bond motifs is 1. The third-order valence-corrected chi connectivity index (χ3v) is 11.3. The van der Waals surface area contributed by atoms with E-state index < -0.39 is 10.0 Å². The standard InChI is InChI=1S/C32H40FN7O2S/c33-25-3-10-30-24(23-25)12-20-39(30)31-11-15-34-32(36-31)35-26-4-8-29(9-5-26)43(41,42)40(22-21-37-16-1-2-17-37)28-13-18-38(19-14-28)27-6-7-27/h3-5,8-11,15,23,27-28H,1-2,6-7,12-14,16-22H2,(H,34,35,36). The van der Waals surface area contributed by atoms with E-state index in [0.29, 0.717) is 23.1 Å². The average Bonchev–Trinajstić information content (AvgIpc) is 3.57. The first-order valence-corrected chi connectivity index (χ1v) is 17.1. The molecule has 1 saturated carbocycles. The van der Waals surface area contributed by atoms with Gasteiger partial charge in [0.1, 0.15) is 11.6 Å². The molecule has 1 aromatic heterocycles. The van der Waals surface area contributed by atoms with Crippen molar-refractivity contribution in [3.63, 3.8) is 0 Å². The van der Waals surface area contributed by atoms with Crippen molar-refractivity contribution in [2.24, 2.45) is 0 Å². The smallest absolute Gasteiger partial charge is 0.243 e. The van der Waals surface area contributed by atoms with E-state index in [1.807, 2.05) is 6.07 Å². The molecule has 3 aromatic rings. The Morgan fingerprint density at radius 3 is 2.44 bits per heavy atom. The van der Waals surface area contributed by atoms with Crippen LogP contribution in [0.25, 0.3) is 0 Å². The van der Waals surface area contributed by atoms with E-state index in [4.69, 9.17) is 4.98 Å². The molecule has 3 aliphatic heterocycles. The Morgan fingerprint density at radius 1 is 0.930 bits per heavy atom. The summed E-state index contributed by atoms with van der Waals surface area (Å²) in [5.74, 6) is 0.909. The fraction of sp³-hybridized carbons (Fsp3) is 0.500. The maximum Gasteiger partial charge on any atom is 0.243 e. The minimum atomic E-state index is -3.66. The quantitative estimate of drug-likeness (QED) is 0.354. The van der Waals surface area contributed by atoms with Gasteiger partial charge >= 0.3 is 0 Å². The first-order valence-electron chi connectivity index (χ1n) is 15.7. The number of nitrogens with one attached hydrogen (secondary N) is 1. The van der Waals surface area contributed by atoms with Crippen LogP contribution in [0.2, 0.25) is 0 Å². The van der Waals surface area contributed by atoms with E-state index in [0.717, 1.165) is 81.6 Å². The van der Waals surface area contributed by atoms with Crippen LogP contribution >= 0.6 is 0 Å². The summed E-state index contributed by atoms with van der Waals surface area (Å²) in [4.78, 5) is 16.4. The van der Waals surface area contributed by atoms with Gasteiger partial charge in [0.05, 0.1) is 4.90 Å². The highest BCUT2D eigenvalue weighted by Crippen LogP contribution is 2.35. The minimum absolute atomic E-state index is 0.0313. The van der Waals surface area contributed by atoms with Crippen molar-refractivity contribution in [1.82, 2.24) is 24.1 Å². The van der Waals surface area contributed by atoms with Gasteiger partial charge in [-0.15, -0.1) is 0 Å². The Kier molecular flexibility index (Phi) is 8.06. The van der Waals surface area contributed by atoms with Gasteiger partial charge in [0.15, 0.2) is 0 Å². The van der Waals surface area contributed by atoms with Crippen molar-refractivity contribution in [2.45, 2.75) is 61.9 Å². The summed E-state index contributed by atoms with van der Waals surface area (Å²) in [6.07, 6.45) is 9.18. The van der Waals surface area contributed by atoms with Gasteiger partial charge in [-0.1, -0.05) is 0 Å². The summed E-state index contributed by atoms with van der Waals surface area (Å²) in [5, 5.41) is 3.23. The first-order chi connectivity index (χ1) is 20.9. The van der Waals surface area contributed by atoms with Crippen LogP contribution in [0, 0.1) is 5.82 Å². The average molecular weight is 606 g/mol. The highest BCUT2D eigenvalue weighted by Gasteiger charge is 2.37. The Morgan fingerprint density at radius 2 is 1.70 bits per heavy atom. The largest absolute Gasteiger partial charge is 0.326 e. The van der Waals surface area contributed by atoms with Crippen LogP contribution in [-0.2, 0) is 16.4 Å². The number of likely N-dealkylation sites (tertiary alicyclic amines) is 2. The maximum absolute atomic E-state index is 14.1. The van der Waals surface area contributed by atoms with Crippen molar-refractivity contribution < 1.29 is 12.8 Å². The van der Waals surface area contributed by atoms with E-state index >= 15 is 0 Å². The Bertz CT molecular complexity index is 1540. The monoisotopic (exact) mass is 605 g/mol. The first kappa shape index (κ1) is 28.6. The third-order valence-electron chi connectivity index (χ3n) is 9.38. The van der Waals surface area contributed by atoms with E-state index in [-0.39, 0.29) is 11.9 Å². The van der Waals surface area contributed by atoms with Gasteiger partial charge in [-0.3, -0.25) is 0 Å². The predicted octanol–water partition coefficient (Wildman–Crippen LogP) is 4.77. The van der Waals surface area contributed by atoms with E-state index in [2.05, 4.69) is 25.0 Å². The number of benzene rings is 2. The topological polar surface area (TPSA) is 84.9 Å². The van der Waals surface area contributed by atoms with Gasteiger partial charge in [-0.05, 0) is 125 Å². The molecule has 2 saturated heterocycles. The van der Waals surface area contributed by atoms with Gasteiger partial charge in [0.2, 0.25) is 16.0 Å². The number of halogens is 1. The van der Waals surface area contributed by atoms with Crippen LogP contribution in [0.15, 0.2) is 59.6 Å². The summed E-state index contributed by atoms with van der Waals surface area (Å²) in [7, 11) is -3.66. The van der Waals surface area contributed by atoms with Crippen molar-refractivity contribution in [2.75, 3.05) is 56.0 Å². The number of rotatable bonds is 10. The fourth-order valence-corrected chi connectivity index (χ4v) is 8.54. The van der Waals surface area contributed by atoms with Gasteiger partial charge < -0.3 is 20.0 Å². The molecule has 7 rings (SSSR count). The molecule has 0 atom stereocenters. The van der Waals surface area contributed by atoms with Gasteiger partial charge in [0.25, 0.3) is 0 Å². The molecule has 2 aromatic carbocycles. The zero-order valence-corrected chi connectivity index (χ0v) is 25.4. The molecular weight excluding hydrogens is 565 g/mol. The van der Waals surface area contributed by atoms with Crippen molar-refractivity contribution in [3.05, 3.63) is 66.1 Å². The second kappa shape index (κ2) is 12.1. The Labute approximate surface area is 253 Å². The molecule has 4 aliphatic rings. The molecule has 0 radical (unpaired) electrons. The van der Waals surface area contributed by atoms with E-state index in [1.165, 1.54) is 31.7 Å². The van der Waals surface area contributed by atoms with Crippen LogP contribution in [0.1, 0.15) is 44.1 Å². The fourth-order valence-electron chi connectivity index (χ4n) is 6.87. The number of sulfonamides is 1. The summed E-state index contributed by atoms with van der Waals surface area (Å²) >= 11 is 0. The third kappa shape index (κ3) is 6.26. The second-order valence-electron chi connectivity index (χ2n) is 12.2. The number of hydrogen-bond donors (Lipinski definition) is 1. The maximum atomic E-state index is 14.1. The zero-order valence-electron chi connectivity index (χ0n) is 24.5. The van der Waals surface area contributed by atoms with E-state index in [9.17, 15) is 12.8 Å². The number of hydrogen-bond acceptors (Lipinski definition) is 8. The minimum Gasteiger partial charge on any atom is -0.326 e. The Hall–Kier alpha value is -3.12. The van der Waals surface area contributed by atoms with Gasteiger partial charge in [0, 0.05) is 49.3 Å². The normalized spacial score (nSPS) is 20.2. The summed E-state index contributed by atoms with van der Waals surface area (Å²) < 4.78 is 43.6.